The summed E-state index contributed by atoms with van der Waals surface area (Å²) in [4.78, 5) is 12.0. The number of hydrogen-bond acceptors (Lipinski definition) is 2. The minimum atomic E-state index is 0.151. The van der Waals surface area contributed by atoms with Crippen LogP contribution in [0.25, 0.3) is 5.69 Å². The third kappa shape index (κ3) is 2.17. The molecule has 0 N–H and O–H groups in total. The van der Waals surface area contributed by atoms with Gasteiger partial charge in [-0.05, 0) is 30.5 Å². The van der Waals surface area contributed by atoms with Crippen molar-refractivity contribution in [2.75, 3.05) is 0 Å². The Labute approximate surface area is 121 Å². The number of ketones is 1. The molecule has 0 amide bonds. The van der Waals surface area contributed by atoms with E-state index >= 15 is 0 Å². The van der Waals surface area contributed by atoms with Crippen LogP contribution in [0.3, 0.4) is 0 Å². The molecule has 0 bridgehead atoms. The zero-order valence-electron chi connectivity index (χ0n) is 10.4. The van der Waals surface area contributed by atoms with Crippen LogP contribution in [0.1, 0.15) is 29.4 Å². The van der Waals surface area contributed by atoms with Crippen molar-refractivity contribution in [2.45, 2.75) is 19.8 Å². The molecule has 2 aromatic rings. The van der Waals surface area contributed by atoms with E-state index in [2.05, 4.69) is 12.0 Å². The molecule has 0 saturated carbocycles. The van der Waals surface area contributed by atoms with Crippen LogP contribution in [0.5, 0.6) is 0 Å². The molecule has 5 heteroatoms. The molecule has 0 aliphatic heterocycles. The third-order valence-electron chi connectivity index (χ3n) is 3.38. The molecule has 0 saturated heterocycles. The van der Waals surface area contributed by atoms with E-state index in [1.54, 1.807) is 29.1 Å². The van der Waals surface area contributed by atoms with Crippen molar-refractivity contribution in [3.63, 3.8) is 0 Å². The molecule has 0 radical (unpaired) electrons. The number of Topliss-reactive ketones (excluding diaryl/α,β-unsaturated/α-hetero) is 1. The van der Waals surface area contributed by atoms with Crippen molar-refractivity contribution < 1.29 is 4.79 Å². The second-order valence-electron chi connectivity index (χ2n) is 4.95. The summed E-state index contributed by atoms with van der Waals surface area (Å²) in [6.07, 6.45) is 3.03. The molecule has 1 heterocycles. The number of rotatable bonds is 1. The summed E-state index contributed by atoms with van der Waals surface area (Å²) >= 11 is 12.2. The lowest BCUT2D eigenvalue weighted by Gasteiger charge is -2.19. The smallest absolute Gasteiger partial charge is 0.166 e. The zero-order valence-corrected chi connectivity index (χ0v) is 11.9. The fourth-order valence-corrected chi connectivity index (χ4v) is 2.85. The van der Waals surface area contributed by atoms with Crippen LogP contribution in [-0.2, 0) is 6.42 Å². The molecule has 19 heavy (non-hydrogen) atoms. The van der Waals surface area contributed by atoms with Crippen molar-refractivity contribution in [3.8, 4) is 5.69 Å². The second-order valence-corrected chi connectivity index (χ2v) is 5.79. The molecular weight excluding hydrogens is 283 g/mol. The van der Waals surface area contributed by atoms with Gasteiger partial charge in [-0.15, -0.1) is 0 Å². The van der Waals surface area contributed by atoms with E-state index in [1.807, 2.05) is 0 Å². The quantitative estimate of drug-likeness (QED) is 0.798. The van der Waals surface area contributed by atoms with Crippen LogP contribution < -0.4 is 0 Å². The number of nitrogens with zero attached hydrogens (tertiary/aromatic N) is 2. The number of carbonyl (C=O) groups is 1. The lowest BCUT2D eigenvalue weighted by Crippen LogP contribution is -2.19. The summed E-state index contributed by atoms with van der Waals surface area (Å²) in [5.41, 5.74) is 2.35. The van der Waals surface area contributed by atoms with Crippen LogP contribution in [0.4, 0.5) is 0 Å². The predicted molar refractivity (Wildman–Crippen MR) is 75.4 cm³/mol. The van der Waals surface area contributed by atoms with Gasteiger partial charge < -0.3 is 0 Å². The first kappa shape index (κ1) is 12.7. The van der Waals surface area contributed by atoms with Gasteiger partial charge in [0.1, 0.15) is 0 Å². The van der Waals surface area contributed by atoms with E-state index in [9.17, 15) is 4.79 Å². The topological polar surface area (TPSA) is 34.9 Å². The van der Waals surface area contributed by atoms with E-state index in [1.165, 1.54) is 0 Å². The molecule has 0 unspecified atom stereocenters. The number of aromatic nitrogens is 2. The van der Waals surface area contributed by atoms with Gasteiger partial charge in [0.15, 0.2) is 5.78 Å². The Morgan fingerprint density at radius 1 is 1.32 bits per heavy atom. The van der Waals surface area contributed by atoms with Gasteiger partial charge >= 0.3 is 0 Å². The Morgan fingerprint density at radius 3 is 2.89 bits per heavy atom. The molecule has 1 atom stereocenters. The second kappa shape index (κ2) is 4.66. The molecule has 98 valence electrons. The van der Waals surface area contributed by atoms with Gasteiger partial charge in [0, 0.05) is 11.4 Å². The highest BCUT2D eigenvalue weighted by Gasteiger charge is 2.27. The first-order valence-corrected chi connectivity index (χ1v) is 6.87. The maximum absolute atomic E-state index is 12.0. The molecular formula is C14H12Cl2N2O. The standard InChI is InChI=1S/C14H12Cl2N2O/c1-8-4-12-10(14(19)5-8)7-17-18(12)13-6-9(15)2-3-11(13)16/h2-3,6-8H,4-5H2,1H3/t8-/m1/s1. The van der Waals surface area contributed by atoms with Crippen LogP contribution in [-0.4, -0.2) is 15.6 Å². The fraction of sp³-hybridized carbons (Fsp3) is 0.286. The van der Waals surface area contributed by atoms with Crippen LogP contribution in [0.2, 0.25) is 10.0 Å². The van der Waals surface area contributed by atoms with Gasteiger partial charge in [0.25, 0.3) is 0 Å². The summed E-state index contributed by atoms with van der Waals surface area (Å²) in [5.74, 6) is 0.478. The van der Waals surface area contributed by atoms with Gasteiger partial charge in [-0.25, -0.2) is 4.68 Å². The van der Waals surface area contributed by atoms with Crippen molar-refractivity contribution in [2.24, 2.45) is 5.92 Å². The summed E-state index contributed by atoms with van der Waals surface area (Å²) in [6.45, 7) is 2.07. The Bertz CT molecular complexity index is 663. The highest BCUT2D eigenvalue weighted by molar-refractivity contribution is 6.34. The summed E-state index contributed by atoms with van der Waals surface area (Å²) in [6, 6.07) is 5.24. The summed E-state index contributed by atoms with van der Waals surface area (Å²) in [5, 5.41) is 5.47. The maximum atomic E-state index is 12.0. The maximum Gasteiger partial charge on any atom is 0.166 e. The first-order chi connectivity index (χ1) is 9.06. The molecule has 1 aromatic heterocycles. The van der Waals surface area contributed by atoms with E-state index < -0.39 is 0 Å². The van der Waals surface area contributed by atoms with Gasteiger partial charge in [-0.1, -0.05) is 30.1 Å². The van der Waals surface area contributed by atoms with Gasteiger partial charge in [0.2, 0.25) is 0 Å². The van der Waals surface area contributed by atoms with Crippen molar-refractivity contribution in [1.82, 2.24) is 9.78 Å². The SMILES string of the molecule is C[C@H]1CC(=O)c2cnn(-c3cc(Cl)ccc3Cl)c2C1. The highest BCUT2D eigenvalue weighted by Crippen LogP contribution is 2.30. The van der Waals surface area contributed by atoms with E-state index in [4.69, 9.17) is 23.2 Å². The molecule has 3 nitrogen and oxygen atoms in total. The average molecular weight is 295 g/mol. The number of fused-ring (bicyclic) bond motifs is 1. The molecule has 1 aliphatic rings. The van der Waals surface area contributed by atoms with E-state index in [0.717, 1.165) is 17.8 Å². The summed E-state index contributed by atoms with van der Waals surface area (Å²) < 4.78 is 1.73. The fourth-order valence-electron chi connectivity index (χ4n) is 2.49. The minimum Gasteiger partial charge on any atom is -0.294 e. The Kier molecular flexibility index (Phi) is 3.11. The van der Waals surface area contributed by atoms with Crippen molar-refractivity contribution in [3.05, 3.63) is 45.7 Å². The molecule has 0 fully saturated rings. The number of hydrogen-bond donors (Lipinski definition) is 0. The van der Waals surface area contributed by atoms with Gasteiger partial charge in [0.05, 0.1) is 28.2 Å². The monoisotopic (exact) mass is 294 g/mol. The first-order valence-electron chi connectivity index (χ1n) is 6.12. The van der Waals surface area contributed by atoms with Gasteiger partial charge in [-0.3, -0.25) is 4.79 Å². The molecule has 1 aliphatic carbocycles. The average Bonchev–Trinajstić information content (AvgIpc) is 2.76. The highest BCUT2D eigenvalue weighted by atomic mass is 35.5. The van der Waals surface area contributed by atoms with Crippen LogP contribution in [0.15, 0.2) is 24.4 Å². The van der Waals surface area contributed by atoms with Crippen molar-refractivity contribution in [1.29, 1.82) is 0 Å². The molecule has 1 aromatic carbocycles. The molecule has 0 spiro atoms. The van der Waals surface area contributed by atoms with Crippen LogP contribution in [0, 0.1) is 5.92 Å². The lowest BCUT2D eigenvalue weighted by molar-refractivity contribution is 0.0952. The Morgan fingerprint density at radius 2 is 2.11 bits per heavy atom. The molecule has 3 rings (SSSR count). The zero-order chi connectivity index (χ0) is 13.6. The number of halogens is 2. The Hall–Kier alpha value is -1.32. The lowest BCUT2D eigenvalue weighted by atomic mass is 9.88. The van der Waals surface area contributed by atoms with Crippen molar-refractivity contribution >= 4 is 29.0 Å². The van der Waals surface area contributed by atoms with E-state index in [0.29, 0.717) is 27.9 Å². The van der Waals surface area contributed by atoms with Crippen LogP contribution >= 0.6 is 23.2 Å². The number of benzene rings is 1. The number of carbonyl (C=O) groups excluding carboxylic acids is 1. The Balaban J connectivity index is 2.17. The van der Waals surface area contributed by atoms with E-state index in [-0.39, 0.29) is 5.78 Å². The largest absolute Gasteiger partial charge is 0.294 e. The van der Waals surface area contributed by atoms with Gasteiger partial charge in [-0.2, -0.15) is 5.10 Å². The predicted octanol–water partition coefficient (Wildman–Crippen LogP) is 3.94. The minimum absolute atomic E-state index is 0.151. The normalized spacial score (nSPS) is 18.5. The summed E-state index contributed by atoms with van der Waals surface area (Å²) in [7, 11) is 0. The third-order valence-corrected chi connectivity index (χ3v) is 3.94.